The first-order valence-corrected chi connectivity index (χ1v) is 5.52. The first-order chi connectivity index (χ1) is 8.66. The van der Waals surface area contributed by atoms with Crippen molar-refractivity contribution < 1.29 is 9.53 Å². The van der Waals surface area contributed by atoms with Gasteiger partial charge in [-0.1, -0.05) is 11.6 Å². The number of aromatic nitrogens is 2. The highest BCUT2D eigenvalue weighted by molar-refractivity contribution is 6.33. The Morgan fingerprint density at radius 3 is 2.78 bits per heavy atom. The van der Waals surface area contributed by atoms with Gasteiger partial charge in [-0.25, -0.2) is 14.8 Å². The summed E-state index contributed by atoms with van der Waals surface area (Å²) in [5, 5.41) is 0.295. The van der Waals surface area contributed by atoms with Gasteiger partial charge in [0.2, 0.25) is 0 Å². The van der Waals surface area contributed by atoms with Crippen LogP contribution in [0.25, 0.3) is 0 Å². The molecule has 0 fully saturated rings. The van der Waals surface area contributed by atoms with Gasteiger partial charge in [0.05, 0.1) is 10.6 Å². The largest absolute Gasteiger partial charge is 0.454 e. The highest BCUT2D eigenvalue weighted by atomic mass is 35.5. The molecule has 0 aliphatic heterocycles. The van der Waals surface area contributed by atoms with Crippen LogP contribution in [-0.4, -0.2) is 15.9 Å². The predicted octanol–water partition coefficient (Wildman–Crippen LogP) is 2.07. The normalized spacial score (nSPS) is 10.1. The summed E-state index contributed by atoms with van der Waals surface area (Å²) in [7, 11) is 0. The van der Waals surface area contributed by atoms with Crippen LogP contribution in [0, 0.1) is 0 Å². The molecule has 1 aromatic carbocycles. The molecule has 6 heteroatoms. The fourth-order valence-electron chi connectivity index (χ4n) is 1.31. The predicted molar refractivity (Wildman–Crippen MR) is 67.0 cm³/mol. The van der Waals surface area contributed by atoms with E-state index in [1.54, 1.807) is 30.6 Å². The van der Waals surface area contributed by atoms with Gasteiger partial charge in [-0.05, 0) is 24.3 Å². The maximum atomic E-state index is 11.8. The number of nitrogens with two attached hydrogens (primary N) is 1. The molecule has 0 aliphatic carbocycles. The molecule has 0 unspecified atom stereocenters. The number of hydrogen-bond donors (Lipinski definition) is 1. The number of halogens is 1. The molecule has 5 nitrogen and oxygen atoms in total. The smallest absolute Gasteiger partial charge is 0.340 e. The fourth-order valence-corrected chi connectivity index (χ4v) is 1.51. The highest BCUT2D eigenvalue weighted by Gasteiger charge is 2.12. The van der Waals surface area contributed by atoms with Crippen LogP contribution in [0.3, 0.4) is 0 Å². The molecule has 0 atom stereocenters. The van der Waals surface area contributed by atoms with Crippen LogP contribution in [0.4, 0.5) is 5.69 Å². The van der Waals surface area contributed by atoms with E-state index in [4.69, 9.17) is 22.1 Å². The van der Waals surface area contributed by atoms with Crippen LogP contribution < -0.4 is 5.73 Å². The number of esters is 1. The first-order valence-electron chi connectivity index (χ1n) is 5.15. The van der Waals surface area contributed by atoms with Gasteiger partial charge in [0.1, 0.15) is 0 Å². The Hall–Kier alpha value is -2.14. The van der Waals surface area contributed by atoms with E-state index in [9.17, 15) is 4.79 Å². The van der Waals surface area contributed by atoms with Crippen molar-refractivity contribution in [1.29, 1.82) is 0 Å². The Morgan fingerprint density at radius 1 is 1.33 bits per heavy atom. The quantitative estimate of drug-likeness (QED) is 0.677. The Labute approximate surface area is 109 Å². The van der Waals surface area contributed by atoms with Gasteiger partial charge in [0, 0.05) is 18.1 Å². The molecule has 1 aromatic heterocycles. The summed E-state index contributed by atoms with van der Waals surface area (Å²) in [5.74, 6) is -0.134. The number of benzene rings is 1. The zero-order valence-corrected chi connectivity index (χ0v) is 10.1. The molecular formula is C12H10ClN3O2. The SMILES string of the molecule is Nc1ccc(Cl)c(C(=O)OCc2ncccn2)c1. The van der Waals surface area contributed by atoms with Crippen LogP contribution in [0.5, 0.6) is 0 Å². The molecule has 2 rings (SSSR count). The summed E-state index contributed by atoms with van der Waals surface area (Å²) in [6.45, 7) is -0.00913. The second-order valence-corrected chi connectivity index (χ2v) is 3.89. The number of rotatable bonds is 3. The van der Waals surface area contributed by atoms with Crippen molar-refractivity contribution in [2.24, 2.45) is 0 Å². The molecule has 0 aliphatic rings. The Bertz CT molecular complexity index is 561. The number of hydrogen-bond acceptors (Lipinski definition) is 5. The zero-order chi connectivity index (χ0) is 13.0. The van der Waals surface area contributed by atoms with Gasteiger partial charge in [-0.2, -0.15) is 0 Å². The zero-order valence-electron chi connectivity index (χ0n) is 9.34. The lowest BCUT2D eigenvalue weighted by Gasteiger charge is -2.06. The molecule has 1 heterocycles. The van der Waals surface area contributed by atoms with Crippen molar-refractivity contribution in [2.45, 2.75) is 6.61 Å². The van der Waals surface area contributed by atoms with Gasteiger partial charge in [-0.15, -0.1) is 0 Å². The molecule has 92 valence electrons. The van der Waals surface area contributed by atoms with Crippen molar-refractivity contribution in [1.82, 2.24) is 9.97 Å². The molecular weight excluding hydrogens is 254 g/mol. The monoisotopic (exact) mass is 263 g/mol. The summed E-state index contributed by atoms with van der Waals surface area (Å²) in [6, 6.07) is 6.31. The molecule has 2 N–H and O–H groups in total. The standard InChI is InChI=1S/C12H10ClN3O2/c13-10-3-2-8(14)6-9(10)12(17)18-7-11-15-4-1-5-16-11/h1-6H,7,14H2. The van der Waals surface area contributed by atoms with Crippen molar-refractivity contribution >= 4 is 23.3 Å². The van der Waals surface area contributed by atoms with Gasteiger partial charge in [0.25, 0.3) is 0 Å². The number of ether oxygens (including phenoxy) is 1. The number of nitrogen functional groups attached to an aromatic ring is 1. The van der Waals surface area contributed by atoms with Crippen LogP contribution in [0.15, 0.2) is 36.7 Å². The number of anilines is 1. The third-order valence-corrected chi connectivity index (χ3v) is 2.49. The molecule has 18 heavy (non-hydrogen) atoms. The second-order valence-electron chi connectivity index (χ2n) is 3.48. The number of nitrogens with zero attached hydrogens (tertiary/aromatic N) is 2. The van der Waals surface area contributed by atoms with Crippen molar-refractivity contribution in [3.63, 3.8) is 0 Å². The van der Waals surface area contributed by atoms with E-state index < -0.39 is 5.97 Å². The lowest BCUT2D eigenvalue weighted by atomic mass is 10.2. The van der Waals surface area contributed by atoms with Crippen LogP contribution in [0.2, 0.25) is 5.02 Å². The molecule has 0 saturated carbocycles. The molecule has 0 spiro atoms. The van der Waals surface area contributed by atoms with Crippen LogP contribution in [0.1, 0.15) is 16.2 Å². The van der Waals surface area contributed by atoms with E-state index in [1.807, 2.05) is 0 Å². The Kier molecular flexibility index (Phi) is 3.74. The van der Waals surface area contributed by atoms with E-state index >= 15 is 0 Å². The first kappa shape index (κ1) is 12.3. The summed E-state index contributed by atoms with van der Waals surface area (Å²) < 4.78 is 5.05. The third-order valence-electron chi connectivity index (χ3n) is 2.16. The van der Waals surface area contributed by atoms with Gasteiger partial charge >= 0.3 is 5.97 Å². The fraction of sp³-hybridized carbons (Fsp3) is 0.0833. The second kappa shape index (κ2) is 5.46. The maximum absolute atomic E-state index is 11.8. The van der Waals surface area contributed by atoms with E-state index in [1.165, 1.54) is 6.07 Å². The number of carbonyl (C=O) groups excluding carboxylic acids is 1. The van der Waals surface area contributed by atoms with E-state index in [0.717, 1.165) is 0 Å². The lowest BCUT2D eigenvalue weighted by molar-refractivity contribution is 0.0462. The summed E-state index contributed by atoms with van der Waals surface area (Å²) in [5.41, 5.74) is 6.26. The minimum Gasteiger partial charge on any atom is -0.454 e. The van der Waals surface area contributed by atoms with Gasteiger partial charge in [-0.3, -0.25) is 0 Å². The van der Waals surface area contributed by atoms with Crippen LogP contribution >= 0.6 is 11.6 Å². The average molecular weight is 264 g/mol. The average Bonchev–Trinajstić information content (AvgIpc) is 2.40. The van der Waals surface area contributed by atoms with E-state index in [0.29, 0.717) is 16.5 Å². The van der Waals surface area contributed by atoms with Crippen molar-refractivity contribution in [2.75, 3.05) is 5.73 Å². The topological polar surface area (TPSA) is 78.1 Å². The molecule has 2 aromatic rings. The van der Waals surface area contributed by atoms with Gasteiger partial charge in [0.15, 0.2) is 12.4 Å². The van der Waals surface area contributed by atoms with Crippen molar-refractivity contribution in [3.8, 4) is 0 Å². The molecule has 0 amide bonds. The van der Waals surface area contributed by atoms with Gasteiger partial charge < -0.3 is 10.5 Å². The number of carbonyl (C=O) groups is 1. The third kappa shape index (κ3) is 2.95. The molecule has 0 bridgehead atoms. The van der Waals surface area contributed by atoms with E-state index in [-0.39, 0.29) is 12.2 Å². The minimum absolute atomic E-state index is 0.00913. The minimum atomic E-state index is -0.556. The van der Waals surface area contributed by atoms with Crippen molar-refractivity contribution in [3.05, 3.63) is 53.1 Å². The highest BCUT2D eigenvalue weighted by Crippen LogP contribution is 2.19. The molecule has 0 saturated heterocycles. The Balaban J connectivity index is 2.06. The summed E-state index contributed by atoms with van der Waals surface area (Å²) >= 11 is 5.89. The lowest BCUT2D eigenvalue weighted by Crippen LogP contribution is -2.08. The maximum Gasteiger partial charge on any atom is 0.340 e. The summed E-state index contributed by atoms with van der Waals surface area (Å²) in [4.78, 5) is 19.6. The Morgan fingerprint density at radius 2 is 2.06 bits per heavy atom. The van der Waals surface area contributed by atoms with Crippen LogP contribution in [-0.2, 0) is 11.3 Å². The summed E-state index contributed by atoms with van der Waals surface area (Å²) in [6.07, 6.45) is 3.15. The molecule has 0 radical (unpaired) electrons. The van der Waals surface area contributed by atoms with E-state index in [2.05, 4.69) is 9.97 Å².